The molecule has 0 spiro atoms. The van der Waals surface area contributed by atoms with Gasteiger partial charge in [-0.15, -0.1) is 0 Å². The van der Waals surface area contributed by atoms with E-state index in [0.29, 0.717) is 10.7 Å². The molecule has 0 radical (unpaired) electrons. The Hall–Kier alpha value is -3.17. The Balaban J connectivity index is 1.57. The van der Waals surface area contributed by atoms with Crippen molar-refractivity contribution in [2.24, 2.45) is 0 Å². The van der Waals surface area contributed by atoms with E-state index in [-0.39, 0.29) is 16.8 Å². The highest BCUT2D eigenvalue weighted by atomic mass is 32.2. The van der Waals surface area contributed by atoms with E-state index in [1.807, 2.05) is 31.2 Å². The zero-order valence-corrected chi connectivity index (χ0v) is 17.6. The molecule has 154 valence electrons. The second kappa shape index (κ2) is 9.55. The largest absolute Gasteiger partial charge is 0.484 e. The minimum Gasteiger partial charge on any atom is -0.484 e. The van der Waals surface area contributed by atoms with Gasteiger partial charge in [0, 0.05) is 5.69 Å². The van der Waals surface area contributed by atoms with Gasteiger partial charge in [0.25, 0.3) is 11.8 Å². The van der Waals surface area contributed by atoms with Crippen molar-refractivity contribution in [3.05, 3.63) is 64.6 Å². The molecule has 2 aromatic rings. The standard InChI is InChI=1S/C21H18N2O5S2/c1-13-4-2-3-5-16(13)22-18(24)12-28-15-8-6-14(7-9-15)10-17-20(27)23(11-19(25)26)21(29)30-17/h2-10H,11-12H2,1H3,(H,22,24)(H,25,26)/b17-10-. The molecular formula is C21H18N2O5S2. The molecule has 0 aromatic heterocycles. The lowest BCUT2D eigenvalue weighted by atomic mass is 10.2. The van der Waals surface area contributed by atoms with Crippen LogP contribution >= 0.6 is 24.0 Å². The van der Waals surface area contributed by atoms with Crippen molar-refractivity contribution in [3.63, 3.8) is 0 Å². The summed E-state index contributed by atoms with van der Waals surface area (Å²) in [7, 11) is 0. The number of hydrogen-bond donors (Lipinski definition) is 2. The molecule has 0 atom stereocenters. The Morgan fingerprint density at radius 1 is 1.20 bits per heavy atom. The van der Waals surface area contributed by atoms with E-state index in [2.05, 4.69) is 5.32 Å². The molecule has 1 aliphatic rings. The van der Waals surface area contributed by atoms with Crippen molar-refractivity contribution in [2.75, 3.05) is 18.5 Å². The number of ether oxygens (including phenoxy) is 1. The van der Waals surface area contributed by atoms with Gasteiger partial charge in [-0.25, -0.2) is 0 Å². The molecule has 2 amide bonds. The topological polar surface area (TPSA) is 95.9 Å². The summed E-state index contributed by atoms with van der Waals surface area (Å²) in [6.45, 7) is 1.31. The van der Waals surface area contributed by atoms with E-state index >= 15 is 0 Å². The van der Waals surface area contributed by atoms with Crippen LogP contribution < -0.4 is 10.1 Å². The number of amides is 2. The van der Waals surface area contributed by atoms with Crippen molar-refractivity contribution in [1.29, 1.82) is 0 Å². The maximum Gasteiger partial charge on any atom is 0.323 e. The quantitative estimate of drug-likeness (QED) is 0.502. The molecule has 9 heteroatoms. The summed E-state index contributed by atoms with van der Waals surface area (Å²) in [6.07, 6.45) is 1.63. The van der Waals surface area contributed by atoms with Gasteiger partial charge in [-0.2, -0.15) is 0 Å². The van der Waals surface area contributed by atoms with Gasteiger partial charge >= 0.3 is 5.97 Å². The number of thioether (sulfide) groups is 1. The monoisotopic (exact) mass is 442 g/mol. The average molecular weight is 443 g/mol. The summed E-state index contributed by atoms with van der Waals surface area (Å²) in [5.41, 5.74) is 2.42. The van der Waals surface area contributed by atoms with Crippen LogP contribution in [0.5, 0.6) is 5.75 Å². The van der Waals surface area contributed by atoms with Crippen LogP contribution in [-0.2, 0) is 14.4 Å². The molecule has 1 aliphatic heterocycles. The number of aryl methyl sites for hydroxylation is 1. The molecule has 30 heavy (non-hydrogen) atoms. The predicted molar refractivity (Wildman–Crippen MR) is 119 cm³/mol. The summed E-state index contributed by atoms with van der Waals surface area (Å²) in [4.78, 5) is 36.6. The number of aliphatic carboxylic acids is 1. The van der Waals surface area contributed by atoms with Crippen LogP contribution in [0.2, 0.25) is 0 Å². The number of thiocarbonyl (C=S) groups is 1. The van der Waals surface area contributed by atoms with Crippen molar-refractivity contribution in [3.8, 4) is 5.75 Å². The van der Waals surface area contributed by atoms with Gasteiger partial charge in [0.05, 0.1) is 4.91 Å². The molecule has 3 rings (SSSR count). The smallest absolute Gasteiger partial charge is 0.323 e. The Morgan fingerprint density at radius 3 is 2.57 bits per heavy atom. The molecule has 1 heterocycles. The van der Waals surface area contributed by atoms with Gasteiger partial charge in [-0.3, -0.25) is 19.3 Å². The molecule has 0 bridgehead atoms. The number of rotatable bonds is 7. The molecule has 2 aromatic carbocycles. The molecule has 0 unspecified atom stereocenters. The molecule has 0 saturated carbocycles. The number of carboxylic acids is 1. The van der Waals surface area contributed by atoms with E-state index in [0.717, 1.165) is 33.5 Å². The number of carbonyl (C=O) groups is 3. The Morgan fingerprint density at radius 2 is 1.90 bits per heavy atom. The van der Waals surface area contributed by atoms with Gasteiger partial charge in [0.2, 0.25) is 0 Å². The Bertz CT molecular complexity index is 1030. The summed E-state index contributed by atoms with van der Waals surface area (Å²) >= 11 is 6.13. The second-order valence-electron chi connectivity index (χ2n) is 6.38. The van der Waals surface area contributed by atoms with Gasteiger partial charge in [-0.05, 0) is 42.3 Å². The van der Waals surface area contributed by atoms with Crippen molar-refractivity contribution in [1.82, 2.24) is 4.90 Å². The zero-order chi connectivity index (χ0) is 21.7. The van der Waals surface area contributed by atoms with Gasteiger partial charge in [-0.1, -0.05) is 54.3 Å². The first-order valence-electron chi connectivity index (χ1n) is 8.89. The minimum absolute atomic E-state index is 0.137. The highest BCUT2D eigenvalue weighted by Crippen LogP contribution is 2.32. The number of benzene rings is 2. The Kier molecular flexibility index (Phi) is 6.86. The van der Waals surface area contributed by atoms with Gasteiger partial charge in [0.1, 0.15) is 16.6 Å². The summed E-state index contributed by atoms with van der Waals surface area (Å²) < 4.78 is 5.72. The summed E-state index contributed by atoms with van der Waals surface area (Å²) in [6, 6.07) is 14.3. The average Bonchev–Trinajstić information content (AvgIpc) is 2.96. The predicted octanol–water partition coefficient (Wildman–Crippen LogP) is 3.30. The van der Waals surface area contributed by atoms with Gasteiger partial charge < -0.3 is 15.2 Å². The fourth-order valence-electron chi connectivity index (χ4n) is 2.63. The number of anilines is 1. The third kappa shape index (κ3) is 5.46. The van der Waals surface area contributed by atoms with E-state index < -0.39 is 18.4 Å². The molecule has 0 aliphatic carbocycles. The maximum atomic E-state index is 12.3. The SMILES string of the molecule is Cc1ccccc1NC(=O)COc1ccc(/C=C2\SC(=S)N(CC(=O)O)C2=O)cc1. The lowest BCUT2D eigenvalue weighted by Crippen LogP contribution is -2.33. The number of carboxylic acid groups (broad SMARTS) is 1. The van der Waals surface area contributed by atoms with Crippen molar-refractivity contribution in [2.45, 2.75) is 6.92 Å². The zero-order valence-electron chi connectivity index (χ0n) is 16.0. The van der Waals surface area contributed by atoms with Crippen LogP contribution in [0.25, 0.3) is 6.08 Å². The van der Waals surface area contributed by atoms with Crippen molar-refractivity contribution < 1.29 is 24.2 Å². The molecule has 2 N–H and O–H groups in total. The van der Waals surface area contributed by atoms with E-state index in [1.165, 1.54) is 0 Å². The molecular weight excluding hydrogens is 424 g/mol. The van der Waals surface area contributed by atoms with E-state index in [4.69, 9.17) is 22.1 Å². The normalized spacial score (nSPS) is 14.8. The van der Waals surface area contributed by atoms with E-state index in [1.54, 1.807) is 30.3 Å². The minimum atomic E-state index is -1.12. The van der Waals surface area contributed by atoms with Crippen LogP contribution in [-0.4, -0.2) is 45.3 Å². The van der Waals surface area contributed by atoms with Crippen LogP contribution in [0.1, 0.15) is 11.1 Å². The lowest BCUT2D eigenvalue weighted by Gasteiger charge is -2.10. The molecule has 1 fully saturated rings. The van der Waals surface area contributed by atoms with Crippen molar-refractivity contribution >= 4 is 57.8 Å². The lowest BCUT2D eigenvalue weighted by molar-refractivity contribution is -0.140. The van der Waals surface area contributed by atoms with E-state index in [9.17, 15) is 14.4 Å². The highest BCUT2D eigenvalue weighted by molar-refractivity contribution is 8.26. The number of para-hydroxylation sites is 1. The fourth-order valence-corrected chi connectivity index (χ4v) is 3.89. The maximum absolute atomic E-state index is 12.3. The fraction of sp³-hybridized carbons (Fsp3) is 0.143. The highest BCUT2D eigenvalue weighted by Gasteiger charge is 2.33. The summed E-state index contributed by atoms with van der Waals surface area (Å²) in [5.74, 6) is -1.32. The first kappa shape index (κ1) is 21.5. The van der Waals surface area contributed by atoms with Crippen LogP contribution in [0.15, 0.2) is 53.4 Å². The third-order valence-electron chi connectivity index (χ3n) is 4.13. The van der Waals surface area contributed by atoms with Crippen LogP contribution in [0.3, 0.4) is 0 Å². The van der Waals surface area contributed by atoms with Crippen LogP contribution in [0.4, 0.5) is 5.69 Å². The van der Waals surface area contributed by atoms with Crippen LogP contribution in [0, 0.1) is 6.92 Å². The Labute approximate surface area is 182 Å². The summed E-state index contributed by atoms with van der Waals surface area (Å²) in [5, 5.41) is 11.7. The number of nitrogens with one attached hydrogen (secondary N) is 1. The molecule has 1 saturated heterocycles. The first-order chi connectivity index (χ1) is 14.3. The van der Waals surface area contributed by atoms with Gasteiger partial charge in [0.15, 0.2) is 6.61 Å². The number of hydrogen-bond acceptors (Lipinski definition) is 6. The third-order valence-corrected chi connectivity index (χ3v) is 5.51. The first-order valence-corrected chi connectivity index (χ1v) is 10.1. The second-order valence-corrected chi connectivity index (χ2v) is 8.06. The number of carbonyl (C=O) groups excluding carboxylic acids is 2. The number of nitrogens with zero attached hydrogens (tertiary/aromatic N) is 1. The molecule has 7 nitrogen and oxygen atoms in total.